The smallest absolute Gasteiger partial charge is 0.303 e. The number of carbonyl (C=O) groups is 1. The quantitative estimate of drug-likeness (QED) is 0.135. The maximum absolute atomic E-state index is 11.9. The zero-order valence-corrected chi connectivity index (χ0v) is 22.3. The first-order chi connectivity index (χ1) is 18.4. The van der Waals surface area contributed by atoms with Crippen molar-refractivity contribution in [2.24, 2.45) is 0 Å². The van der Waals surface area contributed by atoms with Crippen LogP contribution in [0.4, 0.5) is 0 Å². The van der Waals surface area contributed by atoms with Crippen LogP contribution in [-0.2, 0) is 31.6 Å². The van der Waals surface area contributed by atoms with Crippen LogP contribution < -0.4 is 9.30 Å². The molecule has 2 N–H and O–H groups in total. The molecule has 2 aromatic carbocycles. The first-order valence-electron chi connectivity index (χ1n) is 12.0. The van der Waals surface area contributed by atoms with Gasteiger partial charge in [-0.2, -0.15) is 13.0 Å². The molecule has 14 heteroatoms. The highest BCUT2D eigenvalue weighted by atomic mass is 32.2. The largest absolute Gasteiger partial charge is 0.744 e. The minimum absolute atomic E-state index is 0.115. The molecule has 0 radical (unpaired) electrons. The molecule has 0 unspecified atom stereocenters. The lowest BCUT2D eigenvalue weighted by molar-refractivity contribution is -0.671. The molecule has 4 rings (SSSR count). The molecule has 0 atom stereocenters. The summed E-state index contributed by atoms with van der Waals surface area (Å²) < 4.78 is 79.6. The Labute approximate surface area is 224 Å². The number of aliphatic carboxylic acids is 1. The van der Waals surface area contributed by atoms with E-state index in [4.69, 9.17) is 18.8 Å². The second kappa shape index (κ2) is 11.7. The number of unbranched alkanes of at least 4 members (excludes halogenated alkanes) is 2. The second-order valence-electron chi connectivity index (χ2n) is 8.87. The van der Waals surface area contributed by atoms with Crippen LogP contribution in [-0.4, -0.2) is 54.4 Å². The third-order valence-electron chi connectivity index (χ3n) is 5.97. The summed E-state index contributed by atoms with van der Waals surface area (Å²) in [5.41, 5.74) is 1.79. The molecule has 0 fully saturated rings. The first kappa shape index (κ1) is 28.4. The van der Waals surface area contributed by atoms with Gasteiger partial charge in [0, 0.05) is 31.0 Å². The average molecular weight is 579 g/mol. The average Bonchev–Trinajstić information content (AvgIpc) is 3.27. The van der Waals surface area contributed by atoms with E-state index in [1.807, 2.05) is 41.1 Å². The number of benzene rings is 2. The highest BCUT2D eigenvalue weighted by molar-refractivity contribution is 7.86. The summed E-state index contributed by atoms with van der Waals surface area (Å²) in [6.45, 7) is 0.408. The van der Waals surface area contributed by atoms with Crippen LogP contribution in [0.2, 0.25) is 0 Å². The summed E-state index contributed by atoms with van der Waals surface area (Å²) in [6, 6.07) is 11.6. The molecule has 208 valence electrons. The van der Waals surface area contributed by atoms with Crippen LogP contribution in [0, 0.1) is 0 Å². The van der Waals surface area contributed by atoms with E-state index in [-0.39, 0.29) is 42.2 Å². The van der Waals surface area contributed by atoms with E-state index in [1.165, 1.54) is 6.07 Å². The Morgan fingerprint density at radius 3 is 2.54 bits per heavy atom. The Kier molecular flexibility index (Phi) is 8.49. The maximum Gasteiger partial charge on any atom is 0.303 e. The van der Waals surface area contributed by atoms with Crippen molar-refractivity contribution < 1.29 is 49.6 Å². The number of carboxylic acid groups (broad SMARTS) is 1. The van der Waals surface area contributed by atoms with Gasteiger partial charge >= 0.3 is 5.97 Å². The van der Waals surface area contributed by atoms with Gasteiger partial charge in [-0.3, -0.25) is 9.35 Å². The summed E-state index contributed by atoms with van der Waals surface area (Å²) in [7, 11) is -9.19. The molecule has 0 aliphatic heterocycles. The number of pyridine rings is 1. The van der Waals surface area contributed by atoms with Crippen molar-refractivity contribution in [3.8, 4) is 17.2 Å². The summed E-state index contributed by atoms with van der Waals surface area (Å²) in [6.07, 6.45) is 4.03. The molecule has 0 saturated heterocycles. The number of ether oxygens (including phenoxy) is 1. The Hall–Kier alpha value is -3.59. The number of rotatable bonds is 13. The predicted octanol–water partition coefficient (Wildman–Crippen LogP) is 3.14. The molecular weight excluding hydrogens is 552 g/mol. The number of carboxylic acids is 1. The number of oxazole rings is 1. The van der Waals surface area contributed by atoms with Crippen molar-refractivity contribution in [1.82, 2.24) is 4.98 Å². The van der Waals surface area contributed by atoms with Gasteiger partial charge in [-0.15, -0.1) is 0 Å². The zero-order valence-electron chi connectivity index (χ0n) is 20.6. The van der Waals surface area contributed by atoms with E-state index in [1.54, 1.807) is 0 Å². The third kappa shape index (κ3) is 7.29. The second-order valence-corrected chi connectivity index (χ2v) is 11.8. The Morgan fingerprint density at radius 2 is 1.82 bits per heavy atom. The van der Waals surface area contributed by atoms with Gasteiger partial charge in [-0.25, -0.2) is 13.4 Å². The minimum Gasteiger partial charge on any atom is -0.744 e. The molecule has 0 bridgehead atoms. The molecule has 2 heterocycles. The van der Waals surface area contributed by atoms with Gasteiger partial charge in [-0.1, -0.05) is 12.1 Å². The summed E-state index contributed by atoms with van der Waals surface area (Å²) >= 11 is 0. The number of nitrogens with zero attached hydrogens (tertiary/aromatic N) is 2. The van der Waals surface area contributed by atoms with E-state index in [0.717, 1.165) is 29.8 Å². The number of fused-ring (bicyclic) bond motifs is 2. The topological polar surface area (TPSA) is 188 Å². The normalized spacial score (nSPS) is 12.3. The van der Waals surface area contributed by atoms with E-state index < -0.39 is 36.9 Å². The van der Waals surface area contributed by atoms with Gasteiger partial charge in [0.1, 0.15) is 27.9 Å². The molecular formula is C25H26N2O10S2. The molecule has 12 nitrogen and oxygen atoms in total. The lowest BCUT2D eigenvalue weighted by atomic mass is 10.1. The van der Waals surface area contributed by atoms with E-state index in [9.17, 15) is 26.2 Å². The molecule has 0 aliphatic rings. The molecule has 39 heavy (non-hydrogen) atoms. The summed E-state index contributed by atoms with van der Waals surface area (Å²) in [5.74, 6) is -1.53. The Morgan fingerprint density at radius 1 is 1.05 bits per heavy atom. The molecule has 4 aromatic rings. The van der Waals surface area contributed by atoms with E-state index in [2.05, 4.69) is 4.98 Å². The highest BCUT2D eigenvalue weighted by Crippen LogP contribution is 2.34. The van der Waals surface area contributed by atoms with Crippen LogP contribution in [0.3, 0.4) is 0 Å². The van der Waals surface area contributed by atoms with Crippen LogP contribution in [0.5, 0.6) is 5.75 Å². The minimum atomic E-state index is -4.96. The van der Waals surface area contributed by atoms with Gasteiger partial charge in [0.15, 0.2) is 11.8 Å². The number of hydrogen-bond donors (Lipinski definition) is 2. The van der Waals surface area contributed by atoms with Crippen molar-refractivity contribution in [1.29, 1.82) is 0 Å². The van der Waals surface area contributed by atoms with Crippen molar-refractivity contribution in [3.63, 3.8) is 0 Å². The number of aryl methyl sites for hydroxylation is 1. The van der Waals surface area contributed by atoms with Gasteiger partial charge < -0.3 is 18.8 Å². The van der Waals surface area contributed by atoms with Crippen LogP contribution >= 0.6 is 0 Å². The van der Waals surface area contributed by atoms with Crippen LogP contribution in [0.15, 0.2) is 58.0 Å². The van der Waals surface area contributed by atoms with Gasteiger partial charge in [0.2, 0.25) is 11.4 Å². The van der Waals surface area contributed by atoms with Gasteiger partial charge in [-0.05, 0) is 31.4 Å². The van der Waals surface area contributed by atoms with Gasteiger partial charge in [0.25, 0.3) is 10.1 Å². The van der Waals surface area contributed by atoms with Crippen LogP contribution in [0.1, 0.15) is 32.1 Å². The lowest BCUT2D eigenvalue weighted by Crippen LogP contribution is -2.34. The predicted molar refractivity (Wildman–Crippen MR) is 138 cm³/mol. The Balaban J connectivity index is 1.65. The maximum atomic E-state index is 11.9. The molecule has 0 aliphatic carbocycles. The number of hydrogen-bond acceptors (Lipinski definition) is 9. The fourth-order valence-corrected chi connectivity index (χ4v) is 5.29. The number of aromatic nitrogens is 2. The monoisotopic (exact) mass is 578 g/mol. The zero-order chi connectivity index (χ0) is 28.2. The van der Waals surface area contributed by atoms with Crippen molar-refractivity contribution in [2.75, 3.05) is 12.4 Å². The molecule has 2 aromatic heterocycles. The molecule has 0 saturated carbocycles. The summed E-state index contributed by atoms with van der Waals surface area (Å²) in [5, 5.41) is 9.62. The lowest BCUT2D eigenvalue weighted by Gasteiger charge is -2.13. The molecule has 0 amide bonds. The fourth-order valence-electron chi connectivity index (χ4n) is 4.19. The van der Waals surface area contributed by atoms with Crippen LogP contribution in [0.25, 0.3) is 33.5 Å². The fraction of sp³-hybridized carbons (Fsp3) is 0.320. The summed E-state index contributed by atoms with van der Waals surface area (Å²) in [4.78, 5) is 14.5. The van der Waals surface area contributed by atoms with Gasteiger partial charge in [0.05, 0.1) is 28.2 Å². The third-order valence-corrected chi connectivity index (χ3v) is 7.63. The number of para-hydroxylation sites is 1. The van der Waals surface area contributed by atoms with E-state index >= 15 is 0 Å². The highest BCUT2D eigenvalue weighted by Gasteiger charge is 2.20. The van der Waals surface area contributed by atoms with Crippen molar-refractivity contribution in [3.05, 3.63) is 48.7 Å². The van der Waals surface area contributed by atoms with Crippen molar-refractivity contribution >= 4 is 48.2 Å². The molecule has 0 spiro atoms. The SMILES string of the molecule is O=C(O)CCCCC[n+]1ccc(-c2nc3cc(S(=O)(=O)[O-])c(OCCCS(=O)(=O)O)cc3o2)c2ccccc21. The van der Waals surface area contributed by atoms with E-state index in [0.29, 0.717) is 18.5 Å². The Bertz CT molecular complexity index is 1730. The van der Waals surface area contributed by atoms with Crippen molar-refractivity contribution in [2.45, 2.75) is 43.5 Å². The first-order valence-corrected chi connectivity index (χ1v) is 15.1. The standard InChI is InChI=1S/C25H26N2O10S2/c28-24(29)9-2-1-5-11-27-12-10-18(17-7-3-4-8-20(17)27)25-26-19-15-23(39(33,34)35)22(16-21(19)37-25)36-13-6-14-38(30,31)32/h3-4,7-8,10,12,15-16H,1-2,5-6,9,11,13-14H2,(H2-,28,29,30,31,32,33,34,35).